The van der Waals surface area contributed by atoms with Crippen LogP contribution in [0.4, 0.5) is 0 Å². The van der Waals surface area contributed by atoms with Gasteiger partial charge in [0.15, 0.2) is 11.3 Å². The number of para-hydroxylation sites is 4. The van der Waals surface area contributed by atoms with Crippen molar-refractivity contribution in [3.8, 4) is 22.7 Å². The van der Waals surface area contributed by atoms with E-state index in [-0.39, 0.29) is 45.8 Å². The van der Waals surface area contributed by atoms with Crippen LogP contribution in [0.1, 0.15) is 119 Å². The third kappa shape index (κ3) is 17.8. The highest BCUT2D eigenvalue weighted by atomic mass is 35.5. The van der Waals surface area contributed by atoms with Gasteiger partial charge >= 0.3 is 0 Å². The Labute approximate surface area is 717 Å². The van der Waals surface area contributed by atoms with Gasteiger partial charge in [-0.25, -0.2) is 14.1 Å². The maximum Gasteiger partial charge on any atom is 0.276 e. The molecule has 1 aliphatic rings. The molecular formula is C93H77Cl4N17O8. The number of rotatable bonds is 17. The molecule has 4 atom stereocenters. The number of allylic oxidation sites excluding steroid dienone is 1. The van der Waals surface area contributed by atoms with Gasteiger partial charge in [-0.1, -0.05) is 186 Å². The van der Waals surface area contributed by atoms with Gasteiger partial charge in [0.1, 0.15) is 11.4 Å². The number of pyridine rings is 4. The first kappa shape index (κ1) is 84.0. The molecule has 16 aromatic rings. The monoisotopic (exact) mass is 1700 g/mol. The van der Waals surface area contributed by atoms with Crippen LogP contribution < -0.4 is 48.9 Å². The molecule has 610 valence electrons. The number of fused-ring (bicyclic) bond motifs is 5. The molecular weight excluding hydrogens is 1620 g/mol. The highest BCUT2D eigenvalue weighted by Crippen LogP contribution is 2.32. The van der Waals surface area contributed by atoms with Crippen LogP contribution in [-0.4, -0.2) is 76.8 Å². The van der Waals surface area contributed by atoms with Gasteiger partial charge < -0.3 is 21.3 Å². The van der Waals surface area contributed by atoms with Crippen LogP contribution in [0.2, 0.25) is 20.1 Å². The Bertz CT molecular complexity index is 7060. The Kier molecular flexibility index (Phi) is 25.3. The molecule has 5 N–H and O–H groups in total. The molecule has 0 saturated heterocycles. The molecule has 8 aromatic carbocycles. The van der Waals surface area contributed by atoms with Crippen LogP contribution in [0.3, 0.4) is 0 Å². The number of aromatic nitrogens is 11. The molecule has 29 heteroatoms. The van der Waals surface area contributed by atoms with E-state index in [4.69, 9.17) is 46.4 Å². The largest absolute Gasteiger partial charge is 0.376 e. The number of carbonyl (C=O) groups excluding carboxylic acids is 3. The molecule has 17 rings (SSSR count). The zero-order valence-electron chi connectivity index (χ0n) is 66.7. The van der Waals surface area contributed by atoms with E-state index >= 15 is 0 Å². The maximum absolute atomic E-state index is 13.6. The minimum absolute atomic E-state index is 0.106. The second-order valence-electron chi connectivity index (χ2n) is 28.5. The highest BCUT2D eigenvalue weighted by Gasteiger charge is 2.28. The summed E-state index contributed by atoms with van der Waals surface area (Å²) in [6.45, 7) is 20.6. The second-order valence-corrected chi connectivity index (χ2v) is 30.1. The van der Waals surface area contributed by atoms with Crippen molar-refractivity contribution in [2.75, 3.05) is 0 Å². The first-order chi connectivity index (χ1) is 58.8. The molecule has 0 saturated carbocycles. The Morgan fingerprint density at radius 3 is 1.20 bits per heavy atom. The molecule has 122 heavy (non-hydrogen) atoms. The number of hydrazone groups is 1. The molecule has 0 spiro atoms. The van der Waals surface area contributed by atoms with Crippen LogP contribution in [-0.2, 0) is 4.79 Å². The summed E-state index contributed by atoms with van der Waals surface area (Å²) in [5.41, 5.74) is 12.4. The summed E-state index contributed by atoms with van der Waals surface area (Å²) in [4.78, 5) is 96.7. The third-order valence-electron chi connectivity index (χ3n) is 20.2. The highest BCUT2D eigenvalue weighted by molar-refractivity contribution is 6.37. The van der Waals surface area contributed by atoms with Gasteiger partial charge in [0.2, 0.25) is 0 Å². The summed E-state index contributed by atoms with van der Waals surface area (Å²) in [5, 5.41) is 41.8. The van der Waals surface area contributed by atoms with Crippen LogP contribution in [0.15, 0.2) is 315 Å². The smallest absolute Gasteiger partial charge is 0.276 e. The number of nitrogens with zero attached hydrogens (tertiary/aromatic N) is 12. The van der Waals surface area contributed by atoms with Gasteiger partial charge in [-0.15, -0.1) is 0 Å². The number of hydrogen-bond acceptors (Lipinski definition) is 17. The summed E-state index contributed by atoms with van der Waals surface area (Å²) in [6.07, 6.45) is 6.67. The van der Waals surface area contributed by atoms with Gasteiger partial charge in [0.05, 0.1) is 112 Å². The Hall–Kier alpha value is -14.5. The number of hydrogen-bond donors (Lipinski definition) is 5. The van der Waals surface area contributed by atoms with Crippen LogP contribution >= 0.6 is 46.4 Å². The molecule has 0 fully saturated rings. The molecule has 1 aliphatic heterocycles. The lowest BCUT2D eigenvalue weighted by Gasteiger charge is -2.22. The number of aryl methyl sites for hydroxylation is 2. The van der Waals surface area contributed by atoms with Crippen molar-refractivity contribution in [1.82, 2.24) is 80.1 Å². The first-order valence-electron chi connectivity index (χ1n) is 38.4. The predicted molar refractivity (Wildman–Crippen MR) is 479 cm³/mol. The van der Waals surface area contributed by atoms with Crippen LogP contribution in [0.25, 0.3) is 77.2 Å². The van der Waals surface area contributed by atoms with E-state index in [1.54, 1.807) is 111 Å². The van der Waals surface area contributed by atoms with E-state index in [1.165, 1.54) is 6.20 Å². The Morgan fingerprint density at radius 1 is 0.443 bits per heavy atom. The van der Waals surface area contributed by atoms with Crippen molar-refractivity contribution in [1.29, 1.82) is 0 Å². The topological polar surface area (TPSA) is 307 Å². The van der Waals surface area contributed by atoms with Crippen LogP contribution in [0, 0.1) is 13.8 Å². The molecule has 9 heterocycles. The van der Waals surface area contributed by atoms with Gasteiger partial charge in [-0.05, 0) is 197 Å². The van der Waals surface area contributed by atoms with Crippen LogP contribution in [0.5, 0.6) is 0 Å². The van der Waals surface area contributed by atoms with Gasteiger partial charge in [-0.3, -0.25) is 57.3 Å². The number of nitrogens with one attached hydrogen (secondary N) is 5. The lowest BCUT2D eigenvalue weighted by molar-refractivity contribution is -0.118. The average molecular weight is 1700 g/mol. The Morgan fingerprint density at radius 2 is 0.828 bits per heavy atom. The minimum atomic E-state index is -0.505. The SMILES string of the molecule is C=C(N[C@@H](C)c1cc2cccc(Cl)c2c(=O)n1-c1ccccc1)c1cn2ncccc2n1.C=C1NN=C(C)C=C1C(=O)N[C@@H](C)c1cc2cccc(Cl)c2c(=O)n1-c1ccccc1.Cc1nnccc1C(=O)N[C@@H](C)c1cc2cccc(Cl)c2c(=O)n1-c1ccccc1.Cc1nonc1C(=O)N[C@@H](C)c1cc2cccc(Cl)c2c(=O)n1-c1ccccc1. The van der Waals surface area contributed by atoms with E-state index in [1.807, 2.05) is 215 Å². The fourth-order valence-corrected chi connectivity index (χ4v) is 15.3. The normalized spacial score (nSPS) is 12.7. The zero-order chi connectivity index (χ0) is 86.2. The fourth-order valence-electron chi connectivity index (χ4n) is 14.3. The zero-order valence-corrected chi connectivity index (χ0v) is 69.7. The van der Waals surface area contributed by atoms with Gasteiger partial charge in [0, 0.05) is 51.7 Å². The van der Waals surface area contributed by atoms with Gasteiger partial charge in [-0.2, -0.15) is 20.4 Å². The van der Waals surface area contributed by atoms with Crippen molar-refractivity contribution in [3.05, 3.63) is 398 Å². The lowest BCUT2D eigenvalue weighted by Crippen LogP contribution is -2.35. The number of amides is 3. The summed E-state index contributed by atoms with van der Waals surface area (Å²) >= 11 is 25.4. The molecule has 0 aliphatic carbocycles. The predicted octanol–water partition coefficient (Wildman–Crippen LogP) is 17.3. The summed E-state index contributed by atoms with van der Waals surface area (Å²) in [5.74, 6) is -1.03. The van der Waals surface area contributed by atoms with E-state index in [0.29, 0.717) is 132 Å². The molecule has 25 nitrogen and oxygen atoms in total. The first-order valence-corrected chi connectivity index (χ1v) is 39.9. The average Bonchev–Trinajstić information content (AvgIpc) is 1.29. The number of imidazole rings is 1. The van der Waals surface area contributed by atoms with Crippen molar-refractivity contribution >= 4 is 124 Å². The number of benzene rings is 8. The van der Waals surface area contributed by atoms with E-state index in [0.717, 1.165) is 27.8 Å². The summed E-state index contributed by atoms with van der Waals surface area (Å²) < 4.78 is 12.8. The van der Waals surface area contributed by atoms with Crippen molar-refractivity contribution < 1.29 is 19.0 Å². The quantitative estimate of drug-likeness (QED) is 0.0566. The number of carbonyl (C=O) groups is 3. The van der Waals surface area contributed by atoms with Crippen molar-refractivity contribution in [2.24, 2.45) is 5.10 Å². The lowest BCUT2D eigenvalue weighted by atomic mass is 10.1. The number of halogens is 4. The molecule has 3 amide bonds. The molecule has 0 bridgehead atoms. The summed E-state index contributed by atoms with van der Waals surface area (Å²) in [7, 11) is 0. The molecule has 0 radical (unpaired) electrons. The van der Waals surface area contributed by atoms with E-state index in [9.17, 15) is 33.6 Å². The maximum atomic E-state index is 13.6. The van der Waals surface area contributed by atoms with E-state index in [2.05, 4.69) is 80.2 Å². The third-order valence-corrected chi connectivity index (χ3v) is 21.5. The fraction of sp³-hybridized carbons (Fsp3) is 0.118. The molecule has 8 aromatic heterocycles. The summed E-state index contributed by atoms with van der Waals surface area (Å²) in [6, 6.07) is 70.1. The van der Waals surface area contributed by atoms with Crippen molar-refractivity contribution in [2.45, 2.75) is 72.6 Å². The Balaban J connectivity index is 0.000000133. The van der Waals surface area contributed by atoms with E-state index < -0.39 is 24.0 Å². The standard InChI is InChI=1S/C25H20ClN5O.C24H21ClN4O2.C23H19ClN4O2.C21H17ClN4O3/c1-16(21-15-30-23(29-21)12-7-13-27-30)28-17(2)22-14-18-8-6-11-20(26)24(18)25(32)31(22)19-9-4-3-5-10-19;1-14-12-19(15(2)28-27-14)23(30)26-16(3)21-13-17-8-7-11-20(25)22(17)24(31)29(21)18-9-5-4-6-10-18;1-14-18(11-12-25-27-14)22(29)26-15(2)20-13-16-7-6-10-19(24)21(16)23(30)28(20)17-8-4-3-5-9-17;1-12(23-20(27)19-13(2)24-29-25-19)17-11-14-7-6-10-16(22)18(14)21(28)26(17)15-8-4-3-5-9-15/h3-15,17,28H,1H2,2H3;4-13,16,28H,2H2,1,3H3,(H,26,30);3-13,15H,1-2H3,(H,26,29);3-12H,1-2H3,(H,23,27)/t17-;16-;15-;12-/m0000/s1. The molecule has 0 unspecified atom stereocenters. The second kappa shape index (κ2) is 36.8. The van der Waals surface area contributed by atoms with Crippen molar-refractivity contribution in [3.63, 3.8) is 0 Å². The minimum Gasteiger partial charge on any atom is -0.376 e. The van der Waals surface area contributed by atoms with Gasteiger partial charge in [0.25, 0.3) is 40.0 Å².